The van der Waals surface area contributed by atoms with Crippen molar-refractivity contribution in [2.24, 2.45) is 0 Å². The molecule has 1 aromatic carbocycles. The summed E-state index contributed by atoms with van der Waals surface area (Å²) in [5.41, 5.74) is 4.39. The van der Waals surface area contributed by atoms with Gasteiger partial charge in [0.2, 0.25) is 5.91 Å². The predicted octanol–water partition coefficient (Wildman–Crippen LogP) is 3.68. The van der Waals surface area contributed by atoms with Crippen molar-refractivity contribution in [1.29, 1.82) is 5.26 Å². The minimum atomic E-state index is -0.0651. The molecular weight excluding hydrogens is 280 g/mol. The third-order valence-electron chi connectivity index (χ3n) is 3.82. The molecular formula is C17H16N2OS. The summed E-state index contributed by atoms with van der Waals surface area (Å²) in [7, 11) is 0. The topological polar surface area (TPSA) is 52.9 Å². The van der Waals surface area contributed by atoms with Crippen LogP contribution in [0.15, 0.2) is 29.6 Å². The van der Waals surface area contributed by atoms with Gasteiger partial charge in [-0.2, -0.15) is 5.26 Å². The number of nitrogens with one attached hydrogen (secondary N) is 1. The maximum atomic E-state index is 12.1. The van der Waals surface area contributed by atoms with Crippen LogP contribution in [0.1, 0.15) is 35.1 Å². The molecule has 0 fully saturated rings. The van der Waals surface area contributed by atoms with Crippen LogP contribution >= 0.6 is 11.3 Å². The zero-order valence-electron chi connectivity index (χ0n) is 11.7. The highest BCUT2D eigenvalue weighted by atomic mass is 32.1. The van der Waals surface area contributed by atoms with Crippen molar-refractivity contribution in [3.63, 3.8) is 0 Å². The largest absolute Gasteiger partial charge is 0.316 e. The number of benzene rings is 1. The van der Waals surface area contributed by atoms with Gasteiger partial charge < -0.3 is 5.32 Å². The number of rotatable bonds is 3. The van der Waals surface area contributed by atoms with Crippen molar-refractivity contribution in [1.82, 2.24) is 0 Å². The molecule has 1 heterocycles. The summed E-state index contributed by atoms with van der Waals surface area (Å²) >= 11 is 1.38. The minimum absolute atomic E-state index is 0.0651. The molecule has 0 bridgehead atoms. The van der Waals surface area contributed by atoms with E-state index in [0.29, 0.717) is 17.0 Å². The summed E-state index contributed by atoms with van der Waals surface area (Å²) in [5.74, 6) is -0.0651. The number of aryl methyl sites for hydroxylation is 2. The van der Waals surface area contributed by atoms with Gasteiger partial charge in [0.05, 0.1) is 12.0 Å². The summed E-state index contributed by atoms with van der Waals surface area (Å²) in [6.07, 6.45) is 5.14. The number of nitrogens with zero attached hydrogens (tertiary/aromatic N) is 1. The summed E-state index contributed by atoms with van der Waals surface area (Å²) in [4.78, 5) is 12.1. The molecule has 106 valence electrons. The van der Waals surface area contributed by atoms with E-state index >= 15 is 0 Å². The smallest absolute Gasteiger partial charge is 0.229 e. The van der Waals surface area contributed by atoms with Crippen LogP contribution in [-0.4, -0.2) is 5.91 Å². The molecule has 1 N–H and O–H groups in total. The molecule has 0 radical (unpaired) electrons. The summed E-state index contributed by atoms with van der Waals surface area (Å²) in [6, 6.07) is 10.2. The Labute approximate surface area is 128 Å². The number of amides is 1. The van der Waals surface area contributed by atoms with Gasteiger partial charge in [-0.1, -0.05) is 18.2 Å². The third kappa shape index (κ3) is 3.14. The number of hydrogen-bond acceptors (Lipinski definition) is 3. The van der Waals surface area contributed by atoms with E-state index in [2.05, 4.69) is 23.5 Å². The summed E-state index contributed by atoms with van der Waals surface area (Å²) in [5, 5.41) is 14.2. The summed E-state index contributed by atoms with van der Waals surface area (Å²) < 4.78 is 0. The molecule has 3 rings (SSSR count). The highest BCUT2D eigenvalue weighted by molar-refractivity contribution is 7.14. The van der Waals surface area contributed by atoms with Gasteiger partial charge >= 0.3 is 0 Å². The number of carbonyl (C=O) groups is 1. The Bertz CT molecular complexity index is 712. The number of anilines is 1. The molecule has 1 aromatic heterocycles. The Hall–Kier alpha value is -2.12. The second-order valence-corrected chi connectivity index (χ2v) is 6.23. The Morgan fingerprint density at radius 1 is 1.24 bits per heavy atom. The molecule has 0 aliphatic heterocycles. The number of carbonyl (C=O) groups excluding carboxylic acids is 1. The molecule has 2 aromatic rings. The van der Waals surface area contributed by atoms with Crippen LogP contribution in [0.3, 0.4) is 0 Å². The number of thiophene rings is 1. The molecule has 0 atom stereocenters. The van der Waals surface area contributed by atoms with Crippen molar-refractivity contribution < 1.29 is 4.79 Å². The van der Waals surface area contributed by atoms with Crippen molar-refractivity contribution in [2.45, 2.75) is 32.1 Å². The molecule has 1 aliphatic carbocycles. The van der Waals surface area contributed by atoms with Crippen molar-refractivity contribution in [3.8, 4) is 6.07 Å². The minimum Gasteiger partial charge on any atom is -0.316 e. The highest BCUT2D eigenvalue weighted by Crippen LogP contribution is 2.24. The van der Waals surface area contributed by atoms with Gasteiger partial charge in [-0.3, -0.25) is 4.79 Å². The molecule has 0 saturated carbocycles. The van der Waals surface area contributed by atoms with Crippen LogP contribution in [0.5, 0.6) is 0 Å². The van der Waals surface area contributed by atoms with Crippen molar-refractivity contribution in [2.75, 3.05) is 5.32 Å². The molecule has 3 nitrogen and oxygen atoms in total. The number of nitriles is 1. The molecule has 21 heavy (non-hydrogen) atoms. The molecule has 0 saturated heterocycles. The zero-order chi connectivity index (χ0) is 14.7. The van der Waals surface area contributed by atoms with Crippen LogP contribution in [-0.2, 0) is 24.1 Å². The van der Waals surface area contributed by atoms with E-state index in [9.17, 15) is 4.79 Å². The first-order valence-corrected chi connectivity index (χ1v) is 8.02. The quantitative estimate of drug-likeness (QED) is 0.939. The van der Waals surface area contributed by atoms with Gasteiger partial charge in [-0.15, -0.1) is 11.3 Å². The number of fused-ring (bicyclic) bond motifs is 1. The molecule has 1 aliphatic rings. The third-order valence-corrected chi connectivity index (χ3v) is 4.65. The van der Waals surface area contributed by atoms with Gasteiger partial charge in [-0.25, -0.2) is 0 Å². The predicted molar refractivity (Wildman–Crippen MR) is 84.5 cm³/mol. The van der Waals surface area contributed by atoms with Gasteiger partial charge in [-0.05, 0) is 53.8 Å². The van der Waals surface area contributed by atoms with Gasteiger partial charge in [0, 0.05) is 0 Å². The lowest BCUT2D eigenvalue weighted by Gasteiger charge is -2.16. The average molecular weight is 296 g/mol. The highest BCUT2D eigenvalue weighted by Gasteiger charge is 2.12. The Morgan fingerprint density at radius 3 is 2.86 bits per heavy atom. The molecule has 4 heteroatoms. The van der Waals surface area contributed by atoms with E-state index in [0.717, 1.165) is 18.4 Å². The van der Waals surface area contributed by atoms with Crippen LogP contribution in [0, 0.1) is 11.3 Å². The summed E-state index contributed by atoms with van der Waals surface area (Å²) in [6.45, 7) is 0. The maximum absolute atomic E-state index is 12.1. The SMILES string of the molecule is N#Cc1ccsc1NC(=O)Cc1ccc2c(c1)CCCC2. The van der Waals surface area contributed by atoms with Crippen LogP contribution < -0.4 is 5.32 Å². The first-order chi connectivity index (χ1) is 10.3. The Morgan fingerprint density at radius 2 is 2.05 bits per heavy atom. The fraction of sp³-hybridized carbons (Fsp3) is 0.294. The van der Waals surface area contributed by atoms with E-state index in [1.807, 2.05) is 11.4 Å². The van der Waals surface area contributed by atoms with E-state index in [4.69, 9.17) is 5.26 Å². The first-order valence-electron chi connectivity index (χ1n) is 7.14. The standard InChI is InChI=1S/C17H16N2OS/c18-11-15-7-8-21-17(15)19-16(20)10-12-5-6-13-3-1-2-4-14(13)9-12/h5-9H,1-4,10H2,(H,19,20). The molecule has 1 amide bonds. The Kier molecular flexibility index (Phi) is 4.03. The van der Waals surface area contributed by atoms with Crippen LogP contribution in [0.25, 0.3) is 0 Å². The van der Waals surface area contributed by atoms with E-state index in [1.165, 1.54) is 35.3 Å². The lowest BCUT2D eigenvalue weighted by Crippen LogP contribution is -2.14. The fourth-order valence-electron chi connectivity index (χ4n) is 2.75. The second-order valence-electron chi connectivity index (χ2n) is 5.31. The first kappa shape index (κ1) is 13.8. The lowest BCUT2D eigenvalue weighted by atomic mass is 9.90. The maximum Gasteiger partial charge on any atom is 0.229 e. The van der Waals surface area contributed by atoms with Gasteiger partial charge in [0.15, 0.2) is 0 Å². The van der Waals surface area contributed by atoms with Gasteiger partial charge in [0.25, 0.3) is 0 Å². The van der Waals surface area contributed by atoms with Crippen molar-refractivity contribution in [3.05, 3.63) is 51.9 Å². The van der Waals surface area contributed by atoms with Crippen LogP contribution in [0.4, 0.5) is 5.00 Å². The molecule has 0 unspecified atom stereocenters. The Balaban J connectivity index is 1.69. The van der Waals surface area contributed by atoms with E-state index in [1.54, 1.807) is 6.07 Å². The zero-order valence-corrected chi connectivity index (χ0v) is 12.5. The second kappa shape index (κ2) is 6.11. The lowest BCUT2D eigenvalue weighted by molar-refractivity contribution is -0.115. The van der Waals surface area contributed by atoms with Gasteiger partial charge in [0.1, 0.15) is 11.1 Å². The van der Waals surface area contributed by atoms with Crippen LogP contribution in [0.2, 0.25) is 0 Å². The van der Waals surface area contributed by atoms with Crippen molar-refractivity contribution >= 4 is 22.2 Å². The molecule has 0 spiro atoms. The monoisotopic (exact) mass is 296 g/mol. The van der Waals surface area contributed by atoms with E-state index < -0.39 is 0 Å². The van der Waals surface area contributed by atoms with E-state index in [-0.39, 0.29) is 5.91 Å². The fourth-order valence-corrected chi connectivity index (χ4v) is 3.50. The number of hydrogen-bond donors (Lipinski definition) is 1. The normalized spacial score (nSPS) is 13.3. The average Bonchev–Trinajstić information content (AvgIpc) is 2.94.